The van der Waals surface area contributed by atoms with Crippen molar-refractivity contribution in [3.8, 4) is 0 Å². The van der Waals surface area contributed by atoms with E-state index >= 15 is 0 Å². The van der Waals surface area contributed by atoms with Crippen LogP contribution in [-0.2, 0) is 28.9 Å². The zero-order valence-electron chi connectivity index (χ0n) is 12.2. The van der Waals surface area contributed by atoms with Crippen LogP contribution in [0.2, 0.25) is 0 Å². The highest BCUT2D eigenvalue weighted by atomic mass is 35.5. The molecule has 0 atom stereocenters. The molecule has 120 valence electrons. The average molecular weight is 345 g/mol. The van der Waals surface area contributed by atoms with Gasteiger partial charge in [-0.15, -0.1) is 22.9 Å². The van der Waals surface area contributed by atoms with Gasteiger partial charge in [0.05, 0.1) is 24.6 Å². The molecule has 0 saturated carbocycles. The van der Waals surface area contributed by atoms with Gasteiger partial charge < -0.3 is 15.4 Å². The van der Waals surface area contributed by atoms with Crippen molar-refractivity contribution in [2.45, 2.75) is 26.3 Å². The van der Waals surface area contributed by atoms with Crippen LogP contribution in [0.3, 0.4) is 0 Å². The quantitative estimate of drug-likeness (QED) is 0.823. The van der Waals surface area contributed by atoms with E-state index in [1.807, 2.05) is 0 Å². The Morgan fingerprint density at radius 1 is 1.41 bits per heavy atom. The number of rotatable bonds is 5. The summed E-state index contributed by atoms with van der Waals surface area (Å²) >= 11 is 6.87. The van der Waals surface area contributed by atoms with E-state index in [-0.39, 0.29) is 24.2 Å². The van der Waals surface area contributed by atoms with Crippen molar-refractivity contribution >= 4 is 40.7 Å². The van der Waals surface area contributed by atoms with Crippen LogP contribution in [0.25, 0.3) is 0 Å². The van der Waals surface area contributed by atoms with E-state index < -0.39 is 5.91 Å². The zero-order valence-corrected chi connectivity index (χ0v) is 13.8. The number of amides is 2. The van der Waals surface area contributed by atoms with Crippen LogP contribution in [0.5, 0.6) is 0 Å². The summed E-state index contributed by atoms with van der Waals surface area (Å²) < 4.78 is 4.99. The molecule has 1 aliphatic heterocycles. The van der Waals surface area contributed by atoms with Gasteiger partial charge in [-0.05, 0) is 18.9 Å². The smallest absolute Gasteiger partial charge is 0.410 e. The topological polar surface area (TPSA) is 89.7 Å². The number of primary amides is 1. The average Bonchev–Trinajstić information content (AvgIpc) is 2.84. The highest BCUT2D eigenvalue weighted by Gasteiger charge is 2.29. The van der Waals surface area contributed by atoms with Crippen molar-refractivity contribution in [1.29, 1.82) is 0 Å². The minimum absolute atomic E-state index is 0.0961. The monoisotopic (exact) mass is 344 g/mol. The van der Waals surface area contributed by atoms with Crippen molar-refractivity contribution in [1.82, 2.24) is 4.90 Å². The first kappa shape index (κ1) is 16.8. The first-order chi connectivity index (χ1) is 10.5. The van der Waals surface area contributed by atoms with Gasteiger partial charge in [-0.25, -0.2) is 4.79 Å². The Kier molecular flexibility index (Phi) is 5.42. The van der Waals surface area contributed by atoms with Gasteiger partial charge in [0, 0.05) is 22.7 Å². The first-order valence-corrected chi connectivity index (χ1v) is 8.25. The lowest BCUT2D eigenvalue weighted by atomic mass is 10.00. The predicted molar refractivity (Wildman–Crippen MR) is 83.4 cm³/mol. The van der Waals surface area contributed by atoms with E-state index in [1.165, 1.54) is 11.3 Å². The molecule has 22 heavy (non-hydrogen) atoms. The van der Waals surface area contributed by atoms with E-state index in [0.717, 1.165) is 10.4 Å². The largest absolute Gasteiger partial charge is 0.450 e. The Morgan fingerprint density at radius 2 is 2.14 bits per heavy atom. The molecule has 0 radical (unpaired) electrons. The van der Waals surface area contributed by atoms with Gasteiger partial charge in [0.25, 0.3) is 0 Å². The molecule has 0 aliphatic carbocycles. The van der Waals surface area contributed by atoms with Crippen molar-refractivity contribution in [2.75, 3.05) is 19.0 Å². The number of halogens is 1. The SMILES string of the molecule is CCOC(=O)N1CCc2c(sc(CC(=O)CCl)c2C(N)=O)C1. The Hall–Kier alpha value is -1.60. The van der Waals surface area contributed by atoms with Crippen LogP contribution in [0.4, 0.5) is 4.79 Å². The molecule has 1 aromatic rings. The number of nitrogens with two attached hydrogens (primary N) is 1. The van der Waals surface area contributed by atoms with Gasteiger partial charge in [0.2, 0.25) is 5.91 Å². The summed E-state index contributed by atoms with van der Waals surface area (Å²) in [5, 5.41) is 0. The van der Waals surface area contributed by atoms with Crippen LogP contribution in [0.1, 0.15) is 32.6 Å². The number of fused-ring (bicyclic) bond motifs is 1. The van der Waals surface area contributed by atoms with Gasteiger partial charge in [-0.3, -0.25) is 9.59 Å². The number of thiophene rings is 1. The second-order valence-corrected chi connectivity index (χ2v) is 6.34. The van der Waals surface area contributed by atoms with Gasteiger partial charge in [0.15, 0.2) is 5.78 Å². The van der Waals surface area contributed by atoms with E-state index in [0.29, 0.717) is 36.6 Å². The van der Waals surface area contributed by atoms with E-state index in [2.05, 4.69) is 0 Å². The van der Waals surface area contributed by atoms with Crippen molar-refractivity contribution in [3.63, 3.8) is 0 Å². The maximum Gasteiger partial charge on any atom is 0.410 e. The third kappa shape index (κ3) is 3.41. The lowest BCUT2D eigenvalue weighted by molar-refractivity contribution is -0.116. The van der Waals surface area contributed by atoms with Crippen LogP contribution >= 0.6 is 22.9 Å². The van der Waals surface area contributed by atoms with E-state index in [9.17, 15) is 14.4 Å². The number of hydrogen-bond donors (Lipinski definition) is 1. The van der Waals surface area contributed by atoms with Crippen molar-refractivity contribution < 1.29 is 19.1 Å². The lowest BCUT2D eigenvalue weighted by Gasteiger charge is -2.26. The number of carbonyl (C=O) groups excluding carboxylic acids is 3. The number of nitrogens with zero attached hydrogens (tertiary/aromatic N) is 1. The molecule has 1 aliphatic rings. The molecule has 2 amide bonds. The highest BCUT2D eigenvalue weighted by molar-refractivity contribution is 7.12. The second kappa shape index (κ2) is 7.11. The third-order valence-electron chi connectivity index (χ3n) is 3.41. The summed E-state index contributed by atoms with van der Waals surface area (Å²) in [5.41, 5.74) is 6.72. The number of Topliss-reactive ketones (excluding diaryl/α,β-unsaturated/α-hetero) is 1. The molecule has 0 spiro atoms. The molecule has 1 aromatic heterocycles. The van der Waals surface area contributed by atoms with E-state index in [1.54, 1.807) is 11.8 Å². The molecule has 6 nitrogen and oxygen atoms in total. The Bertz CT molecular complexity index is 614. The van der Waals surface area contributed by atoms with E-state index in [4.69, 9.17) is 22.1 Å². The number of carbonyl (C=O) groups is 3. The highest BCUT2D eigenvalue weighted by Crippen LogP contribution is 2.33. The molecule has 0 fully saturated rings. The van der Waals surface area contributed by atoms with Crippen LogP contribution in [-0.4, -0.2) is 41.7 Å². The Morgan fingerprint density at radius 3 is 2.73 bits per heavy atom. The molecule has 0 unspecified atom stereocenters. The fourth-order valence-electron chi connectivity index (χ4n) is 2.47. The molecule has 0 aromatic carbocycles. The fourth-order valence-corrected chi connectivity index (χ4v) is 3.97. The minimum atomic E-state index is -0.542. The second-order valence-electron chi connectivity index (χ2n) is 4.89. The summed E-state index contributed by atoms with van der Waals surface area (Å²) in [4.78, 5) is 38.2. The molecule has 0 bridgehead atoms. The predicted octanol–water partition coefficient (Wildman–Crippen LogP) is 1.71. The van der Waals surface area contributed by atoms with Crippen LogP contribution in [0, 0.1) is 0 Å². The number of hydrogen-bond acceptors (Lipinski definition) is 5. The summed E-state index contributed by atoms with van der Waals surface area (Å²) in [6.45, 7) is 2.90. The fraction of sp³-hybridized carbons (Fsp3) is 0.500. The molecule has 0 saturated heterocycles. The van der Waals surface area contributed by atoms with Gasteiger partial charge in [0.1, 0.15) is 0 Å². The summed E-state index contributed by atoms with van der Waals surface area (Å²) in [6, 6.07) is 0. The minimum Gasteiger partial charge on any atom is -0.450 e. The number of ketones is 1. The van der Waals surface area contributed by atoms with Gasteiger partial charge >= 0.3 is 6.09 Å². The summed E-state index contributed by atoms with van der Waals surface area (Å²) in [7, 11) is 0. The van der Waals surface area contributed by atoms with Crippen molar-refractivity contribution in [3.05, 3.63) is 20.9 Å². The lowest BCUT2D eigenvalue weighted by Crippen LogP contribution is -2.36. The zero-order chi connectivity index (χ0) is 16.3. The van der Waals surface area contributed by atoms with Crippen LogP contribution in [0.15, 0.2) is 0 Å². The molecular weight excluding hydrogens is 328 g/mol. The number of alkyl halides is 1. The van der Waals surface area contributed by atoms with Gasteiger partial charge in [-0.1, -0.05) is 0 Å². The molecule has 2 heterocycles. The number of ether oxygens (including phenoxy) is 1. The Balaban J connectivity index is 2.29. The maximum atomic E-state index is 11.8. The van der Waals surface area contributed by atoms with Gasteiger partial charge in [-0.2, -0.15) is 0 Å². The molecule has 2 N–H and O–H groups in total. The maximum absolute atomic E-state index is 11.8. The molecular formula is C14H17ClN2O4S. The molecule has 2 rings (SSSR count). The standard InChI is InChI=1S/C14H17ClN2O4S/c1-2-21-14(20)17-4-3-9-11(7-17)22-10(5-8(18)6-15)12(9)13(16)19/h2-7H2,1H3,(H2,16,19). The molecule has 8 heteroatoms. The van der Waals surface area contributed by atoms with Crippen LogP contribution < -0.4 is 5.73 Å². The summed E-state index contributed by atoms with van der Waals surface area (Å²) in [5.74, 6) is -0.806. The Labute approximate surface area is 137 Å². The third-order valence-corrected chi connectivity index (χ3v) is 4.92. The summed E-state index contributed by atoms with van der Waals surface area (Å²) in [6.07, 6.45) is 0.247. The first-order valence-electron chi connectivity index (χ1n) is 6.90. The van der Waals surface area contributed by atoms with Crippen molar-refractivity contribution in [2.24, 2.45) is 5.73 Å². The normalized spacial score (nSPS) is 13.6.